The predicted octanol–water partition coefficient (Wildman–Crippen LogP) is 4.92. The molecule has 0 rings (SSSR count). The molecule has 0 aromatic carbocycles. The molecule has 0 aliphatic carbocycles. The molecule has 0 amide bonds. The van der Waals surface area contributed by atoms with E-state index in [4.69, 9.17) is 23.7 Å². The zero-order valence-electron chi connectivity index (χ0n) is 24.5. The summed E-state index contributed by atoms with van der Waals surface area (Å²) < 4.78 is 27.4. The lowest BCUT2D eigenvalue weighted by Gasteiger charge is -2.35. The number of aliphatic hydroxyl groups is 2. The summed E-state index contributed by atoms with van der Waals surface area (Å²) in [5.74, 6) is -3.19. The number of esters is 1. The minimum Gasteiger partial charge on any atom is -0.479 e. The van der Waals surface area contributed by atoms with Crippen LogP contribution in [0.3, 0.4) is 0 Å². The van der Waals surface area contributed by atoms with Gasteiger partial charge in [-0.25, -0.2) is 9.59 Å². The first-order chi connectivity index (χ1) is 18.0. The predicted molar refractivity (Wildman–Crippen MR) is 143 cm³/mol. The van der Waals surface area contributed by atoms with E-state index in [1.807, 2.05) is 0 Å². The van der Waals surface area contributed by atoms with Crippen molar-refractivity contribution in [1.82, 2.24) is 0 Å². The molecular weight excluding hydrogens is 496 g/mol. The molecule has 0 bridgehead atoms. The number of rotatable bonds is 25. The van der Waals surface area contributed by atoms with Crippen LogP contribution in [0.4, 0.5) is 0 Å². The van der Waals surface area contributed by atoms with Crippen LogP contribution in [0.25, 0.3) is 0 Å². The van der Waals surface area contributed by atoms with E-state index < -0.39 is 48.6 Å². The van der Waals surface area contributed by atoms with Gasteiger partial charge in [-0.05, 0) is 40.5 Å². The molecule has 0 aliphatic heterocycles. The highest BCUT2D eigenvalue weighted by Crippen LogP contribution is 2.24. The molecule has 10 heteroatoms. The van der Waals surface area contributed by atoms with Crippen molar-refractivity contribution in [3.05, 3.63) is 0 Å². The third-order valence-electron chi connectivity index (χ3n) is 6.35. The second-order valence-corrected chi connectivity index (χ2v) is 9.87. The summed E-state index contributed by atoms with van der Waals surface area (Å²) in [6, 6.07) is 0. The quantitative estimate of drug-likeness (QED) is 0.0814. The SMILES string of the molecule is CCCCCCCCOC(C)OC(C)OC(=O)C(O)(C(C)OC(C)OCCCCCCCC)C(O)C(=O)O. The van der Waals surface area contributed by atoms with Gasteiger partial charge in [-0.3, -0.25) is 0 Å². The number of ether oxygens (including phenoxy) is 5. The molecule has 0 spiro atoms. The lowest BCUT2D eigenvalue weighted by molar-refractivity contribution is -0.261. The zero-order valence-corrected chi connectivity index (χ0v) is 24.5. The van der Waals surface area contributed by atoms with E-state index in [1.54, 1.807) is 13.8 Å². The number of carboxylic acid groups (broad SMARTS) is 1. The van der Waals surface area contributed by atoms with Gasteiger partial charge in [0.05, 0.1) is 0 Å². The Bertz CT molecular complexity index is 616. The van der Waals surface area contributed by atoms with Gasteiger partial charge < -0.3 is 39.0 Å². The van der Waals surface area contributed by atoms with Crippen LogP contribution in [0, 0.1) is 0 Å². The summed E-state index contributed by atoms with van der Waals surface area (Å²) in [5, 5.41) is 30.5. The fourth-order valence-corrected chi connectivity index (χ4v) is 3.96. The minimum atomic E-state index is -2.90. The highest BCUT2D eigenvalue weighted by molar-refractivity contribution is 5.89. The maximum Gasteiger partial charge on any atom is 0.346 e. The van der Waals surface area contributed by atoms with Gasteiger partial charge in [0.25, 0.3) is 0 Å². The molecule has 0 radical (unpaired) electrons. The number of aliphatic hydroxyl groups excluding tert-OH is 1. The number of carboxylic acids is 1. The van der Waals surface area contributed by atoms with E-state index >= 15 is 0 Å². The maximum absolute atomic E-state index is 12.9. The van der Waals surface area contributed by atoms with Crippen LogP contribution in [0.2, 0.25) is 0 Å². The topological polar surface area (TPSA) is 141 Å². The van der Waals surface area contributed by atoms with Crippen LogP contribution in [0.15, 0.2) is 0 Å². The highest BCUT2D eigenvalue weighted by atomic mass is 16.8. The molecule has 0 aliphatic rings. The lowest BCUT2D eigenvalue weighted by atomic mass is 9.90. The van der Waals surface area contributed by atoms with Gasteiger partial charge in [0.1, 0.15) is 6.10 Å². The largest absolute Gasteiger partial charge is 0.479 e. The van der Waals surface area contributed by atoms with Crippen molar-refractivity contribution in [2.45, 2.75) is 155 Å². The van der Waals surface area contributed by atoms with E-state index in [1.165, 1.54) is 52.4 Å². The Labute approximate surface area is 229 Å². The van der Waals surface area contributed by atoms with Crippen molar-refractivity contribution in [2.75, 3.05) is 13.2 Å². The first kappa shape index (κ1) is 36.7. The Kier molecular flexibility index (Phi) is 20.8. The van der Waals surface area contributed by atoms with E-state index in [9.17, 15) is 24.9 Å². The van der Waals surface area contributed by atoms with E-state index in [0.29, 0.717) is 13.2 Å². The fourth-order valence-electron chi connectivity index (χ4n) is 3.96. The number of unbranched alkanes of at least 4 members (excludes halogenated alkanes) is 10. The average molecular weight is 551 g/mol. The first-order valence-corrected chi connectivity index (χ1v) is 14.4. The maximum atomic E-state index is 12.9. The average Bonchev–Trinajstić information content (AvgIpc) is 2.86. The monoisotopic (exact) mass is 550 g/mol. The minimum absolute atomic E-state index is 0.409. The Balaban J connectivity index is 4.76. The molecular formula is C28H54O10. The summed E-state index contributed by atoms with van der Waals surface area (Å²) in [5.41, 5.74) is -2.90. The standard InChI is InChI=1S/C28H54O10/c1-7-9-11-13-15-17-19-34-22(4)36-21(3)28(33,25(29)26(30)31)27(32)38-24(6)37-23(5)35-20-18-16-14-12-10-8-2/h21-25,29,33H,7-20H2,1-6H3,(H,30,31). The first-order valence-electron chi connectivity index (χ1n) is 14.4. The molecule has 0 aromatic heterocycles. The summed E-state index contributed by atoms with van der Waals surface area (Å²) in [7, 11) is 0. The summed E-state index contributed by atoms with van der Waals surface area (Å²) in [4.78, 5) is 24.4. The van der Waals surface area contributed by atoms with Crippen molar-refractivity contribution in [3.8, 4) is 0 Å². The molecule has 3 N–H and O–H groups in total. The molecule has 10 nitrogen and oxygen atoms in total. The van der Waals surface area contributed by atoms with E-state index in [0.717, 1.165) is 38.5 Å². The molecule has 0 aromatic rings. The smallest absolute Gasteiger partial charge is 0.346 e. The van der Waals surface area contributed by atoms with Crippen LogP contribution < -0.4 is 0 Å². The Hall–Kier alpha value is -1.30. The Morgan fingerprint density at radius 2 is 1.11 bits per heavy atom. The molecule has 226 valence electrons. The molecule has 0 heterocycles. The van der Waals surface area contributed by atoms with E-state index in [-0.39, 0.29) is 0 Å². The summed E-state index contributed by atoms with van der Waals surface area (Å²) in [6.07, 6.45) is 6.49. The molecule has 0 fully saturated rings. The van der Waals surface area contributed by atoms with Crippen LogP contribution >= 0.6 is 0 Å². The van der Waals surface area contributed by atoms with Crippen molar-refractivity contribution >= 4 is 11.9 Å². The molecule has 38 heavy (non-hydrogen) atoms. The summed E-state index contributed by atoms with van der Waals surface area (Å²) >= 11 is 0. The summed E-state index contributed by atoms with van der Waals surface area (Å²) in [6.45, 7) is 11.1. The number of aliphatic carboxylic acids is 1. The number of hydrogen-bond donors (Lipinski definition) is 3. The van der Waals surface area contributed by atoms with Gasteiger partial charge >= 0.3 is 11.9 Å². The second-order valence-electron chi connectivity index (χ2n) is 9.87. The van der Waals surface area contributed by atoms with Crippen LogP contribution in [0.5, 0.6) is 0 Å². The lowest BCUT2D eigenvalue weighted by Crippen LogP contribution is -2.62. The van der Waals surface area contributed by atoms with Gasteiger partial charge in [-0.2, -0.15) is 0 Å². The van der Waals surface area contributed by atoms with E-state index in [2.05, 4.69) is 13.8 Å². The Morgan fingerprint density at radius 3 is 1.55 bits per heavy atom. The third kappa shape index (κ3) is 15.3. The van der Waals surface area contributed by atoms with Gasteiger partial charge in [-0.15, -0.1) is 0 Å². The van der Waals surface area contributed by atoms with Crippen LogP contribution in [-0.4, -0.2) is 77.2 Å². The van der Waals surface area contributed by atoms with Crippen molar-refractivity contribution in [3.63, 3.8) is 0 Å². The molecule has 6 atom stereocenters. The number of hydrogen-bond acceptors (Lipinski definition) is 9. The highest BCUT2D eigenvalue weighted by Gasteiger charge is 2.55. The molecule has 6 unspecified atom stereocenters. The number of carbonyl (C=O) groups is 2. The molecule has 0 saturated carbocycles. The zero-order chi connectivity index (χ0) is 29.0. The molecule has 0 saturated heterocycles. The third-order valence-corrected chi connectivity index (χ3v) is 6.35. The van der Waals surface area contributed by atoms with Crippen molar-refractivity contribution in [2.24, 2.45) is 0 Å². The van der Waals surface area contributed by atoms with Gasteiger partial charge in [0.2, 0.25) is 11.9 Å². The van der Waals surface area contributed by atoms with Crippen LogP contribution in [-0.2, 0) is 33.3 Å². The normalized spacial score (nSPS) is 17.3. The van der Waals surface area contributed by atoms with Gasteiger partial charge in [0, 0.05) is 13.2 Å². The van der Waals surface area contributed by atoms with Crippen LogP contribution in [0.1, 0.15) is 119 Å². The van der Waals surface area contributed by atoms with Crippen molar-refractivity contribution in [1.29, 1.82) is 0 Å². The van der Waals surface area contributed by atoms with Crippen molar-refractivity contribution < 1.29 is 48.6 Å². The Morgan fingerprint density at radius 1 is 0.684 bits per heavy atom. The second kappa shape index (κ2) is 21.5. The van der Waals surface area contributed by atoms with Gasteiger partial charge in [0.15, 0.2) is 18.7 Å². The number of carbonyl (C=O) groups excluding carboxylic acids is 1. The van der Waals surface area contributed by atoms with Gasteiger partial charge in [-0.1, -0.05) is 78.1 Å². The fraction of sp³-hybridized carbons (Fsp3) is 0.929.